The fraction of sp³-hybridized carbons (Fsp3) is 0.367. The number of hydrogen-bond acceptors (Lipinski definition) is 6. The minimum atomic E-state index is -3.90. The van der Waals surface area contributed by atoms with Crippen LogP contribution < -0.4 is 20.7 Å². The SMILES string of the molecule is CCCCCCNC(=O)Nc1ccc(S(=O)(=O)Nc2ccc(CCN[C@@H](C)[C@H](O)c3ccc(O)cc3)cc2Cl)cc1. The van der Waals surface area contributed by atoms with Crippen molar-refractivity contribution in [3.63, 3.8) is 0 Å². The number of aromatic hydroxyl groups is 1. The molecule has 0 heterocycles. The summed E-state index contributed by atoms with van der Waals surface area (Å²) in [7, 11) is -3.90. The number of halogens is 1. The Balaban J connectivity index is 1.49. The van der Waals surface area contributed by atoms with Gasteiger partial charge in [0.1, 0.15) is 5.75 Å². The number of urea groups is 1. The third-order valence-electron chi connectivity index (χ3n) is 6.60. The zero-order chi connectivity index (χ0) is 29.8. The summed E-state index contributed by atoms with van der Waals surface area (Å²) in [6, 6.07) is 16.9. The van der Waals surface area contributed by atoms with E-state index in [4.69, 9.17) is 11.6 Å². The lowest BCUT2D eigenvalue weighted by Gasteiger charge is -2.21. The van der Waals surface area contributed by atoms with Gasteiger partial charge in [0.2, 0.25) is 0 Å². The summed E-state index contributed by atoms with van der Waals surface area (Å²) in [6.45, 7) is 5.15. The molecule has 2 atom stereocenters. The average molecular weight is 603 g/mol. The van der Waals surface area contributed by atoms with Gasteiger partial charge in [0, 0.05) is 18.3 Å². The van der Waals surface area contributed by atoms with Crippen molar-refractivity contribution in [3.05, 3.63) is 82.9 Å². The highest BCUT2D eigenvalue weighted by Gasteiger charge is 2.18. The molecule has 0 aliphatic rings. The predicted molar refractivity (Wildman–Crippen MR) is 164 cm³/mol. The Kier molecular flexibility index (Phi) is 12.3. The first kappa shape index (κ1) is 32.2. The molecule has 0 bridgehead atoms. The molecule has 11 heteroatoms. The van der Waals surface area contributed by atoms with Crippen LogP contribution in [0.3, 0.4) is 0 Å². The Morgan fingerprint density at radius 1 is 0.951 bits per heavy atom. The van der Waals surface area contributed by atoms with E-state index in [2.05, 4.69) is 27.6 Å². The van der Waals surface area contributed by atoms with Crippen LogP contribution in [0.5, 0.6) is 5.75 Å². The van der Waals surface area contributed by atoms with Crippen LogP contribution in [0.1, 0.15) is 56.8 Å². The van der Waals surface area contributed by atoms with Gasteiger partial charge in [-0.15, -0.1) is 0 Å². The lowest BCUT2D eigenvalue weighted by atomic mass is 10.0. The average Bonchev–Trinajstić information content (AvgIpc) is 2.94. The molecule has 0 aromatic heterocycles. The van der Waals surface area contributed by atoms with Crippen LogP contribution in [-0.4, -0.2) is 43.8 Å². The van der Waals surface area contributed by atoms with Gasteiger partial charge >= 0.3 is 6.03 Å². The van der Waals surface area contributed by atoms with Crippen molar-refractivity contribution < 1.29 is 23.4 Å². The second-order valence-corrected chi connectivity index (χ2v) is 12.0. The number of carbonyl (C=O) groups excluding carboxylic acids is 1. The van der Waals surface area contributed by atoms with Crippen LogP contribution in [0.15, 0.2) is 71.6 Å². The molecule has 6 N–H and O–H groups in total. The zero-order valence-corrected chi connectivity index (χ0v) is 24.9. The Morgan fingerprint density at radius 3 is 2.32 bits per heavy atom. The first-order chi connectivity index (χ1) is 19.6. The second-order valence-electron chi connectivity index (χ2n) is 9.91. The topological polar surface area (TPSA) is 140 Å². The molecule has 3 aromatic rings. The van der Waals surface area contributed by atoms with Crippen LogP contribution in [0.4, 0.5) is 16.2 Å². The highest BCUT2D eigenvalue weighted by atomic mass is 35.5. The maximum Gasteiger partial charge on any atom is 0.319 e. The summed E-state index contributed by atoms with van der Waals surface area (Å²) in [4.78, 5) is 12.1. The van der Waals surface area contributed by atoms with Crippen molar-refractivity contribution in [3.8, 4) is 5.75 Å². The largest absolute Gasteiger partial charge is 0.508 e. The van der Waals surface area contributed by atoms with E-state index < -0.39 is 16.1 Å². The second kappa shape index (κ2) is 15.6. The normalized spacial score (nSPS) is 12.9. The third-order valence-corrected chi connectivity index (χ3v) is 8.30. The maximum absolute atomic E-state index is 12.9. The summed E-state index contributed by atoms with van der Waals surface area (Å²) < 4.78 is 28.4. The number of rotatable bonds is 15. The van der Waals surface area contributed by atoms with E-state index in [0.29, 0.717) is 30.8 Å². The number of anilines is 2. The van der Waals surface area contributed by atoms with Crippen molar-refractivity contribution >= 4 is 39.0 Å². The van der Waals surface area contributed by atoms with E-state index >= 15 is 0 Å². The molecule has 0 aliphatic carbocycles. The Hall–Kier alpha value is -3.31. The standard InChI is InChI=1S/C30H39ClN4O5S/c1-3-4-5-6-18-33-30(38)34-24-10-14-26(15-11-24)41(39,40)35-28-16-7-22(20-27(28)31)17-19-32-21(2)29(37)23-8-12-25(36)13-9-23/h7-16,20-21,29,32,35-37H,3-6,17-19H2,1-2H3,(H2,33,34,38)/t21-,29-/m0/s1. The van der Waals surface area contributed by atoms with E-state index in [1.807, 2.05) is 6.92 Å². The molecule has 3 rings (SSSR count). The van der Waals surface area contributed by atoms with Gasteiger partial charge in [0.05, 0.1) is 21.7 Å². The molecule has 222 valence electrons. The molecule has 0 saturated carbocycles. The zero-order valence-electron chi connectivity index (χ0n) is 23.4. The highest BCUT2D eigenvalue weighted by Crippen LogP contribution is 2.27. The van der Waals surface area contributed by atoms with Crippen molar-refractivity contribution in [2.24, 2.45) is 0 Å². The number of phenolic OH excluding ortho intramolecular Hbond substituents is 1. The van der Waals surface area contributed by atoms with E-state index in [0.717, 1.165) is 31.2 Å². The van der Waals surface area contributed by atoms with Gasteiger partial charge in [0.25, 0.3) is 10.0 Å². The van der Waals surface area contributed by atoms with Gasteiger partial charge < -0.3 is 26.2 Å². The van der Waals surface area contributed by atoms with Crippen LogP contribution >= 0.6 is 11.6 Å². The summed E-state index contributed by atoms with van der Waals surface area (Å²) in [5, 5.41) is 29.0. The summed E-state index contributed by atoms with van der Waals surface area (Å²) in [5.74, 6) is 0.143. The Morgan fingerprint density at radius 2 is 1.66 bits per heavy atom. The van der Waals surface area contributed by atoms with Crippen LogP contribution in [0.2, 0.25) is 5.02 Å². The molecule has 9 nitrogen and oxygen atoms in total. The van der Waals surface area contributed by atoms with Gasteiger partial charge in [-0.05, 0) is 86.0 Å². The number of amides is 2. The molecule has 2 amide bonds. The van der Waals surface area contributed by atoms with E-state index in [9.17, 15) is 23.4 Å². The highest BCUT2D eigenvalue weighted by molar-refractivity contribution is 7.92. The van der Waals surface area contributed by atoms with E-state index in [-0.39, 0.29) is 33.4 Å². The smallest absolute Gasteiger partial charge is 0.319 e. The lowest BCUT2D eigenvalue weighted by Crippen LogP contribution is -2.33. The molecule has 41 heavy (non-hydrogen) atoms. The number of phenols is 1. The monoisotopic (exact) mass is 602 g/mol. The van der Waals surface area contributed by atoms with Crippen molar-refractivity contribution in [2.75, 3.05) is 23.1 Å². The molecular formula is C30H39ClN4O5S. The molecule has 0 unspecified atom stereocenters. The molecule has 0 radical (unpaired) electrons. The van der Waals surface area contributed by atoms with Crippen LogP contribution in [0.25, 0.3) is 0 Å². The number of aliphatic hydroxyl groups excluding tert-OH is 1. The maximum atomic E-state index is 12.9. The van der Waals surface area contributed by atoms with Gasteiger partial charge in [-0.2, -0.15) is 0 Å². The number of carbonyl (C=O) groups is 1. The molecular weight excluding hydrogens is 564 g/mol. The molecule has 0 fully saturated rings. The van der Waals surface area contributed by atoms with E-state index in [1.165, 1.54) is 36.4 Å². The first-order valence-corrected chi connectivity index (χ1v) is 15.6. The summed E-state index contributed by atoms with van der Waals surface area (Å²) >= 11 is 6.40. The van der Waals surface area contributed by atoms with Gasteiger partial charge in [-0.3, -0.25) is 4.72 Å². The minimum absolute atomic E-state index is 0.0357. The number of sulfonamides is 1. The predicted octanol–water partition coefficient (Wildman–Crippen LogP) is 5.80. The number of hydrogen-bond donors (Lipinski definition) is 6. The fourth-order valence-corrected chi connectivity index (χ4v) is 5.55. The first-order valence-electron chi connectivity index (χ1n) is 13.8. The van der Waals surface area contributed by atoms with E-state index in [1.54, 1.807) is 30.3 Å². The number of unbranched alkanes of at least 4 members (excludes halogenated alkanes) is 3. The summed E-state index contributed by atoms with van der Waals surface area (Å²) in [6.07, 6.45) is 4.11. The lowest BCUT2D eigenvalue weighted by molar-refractivity contribution is 0.136. The van der Waals surface area contributed by atoms with Gasteiger partial charge in [-0.25, -0.2) is 13.2 Å². The quantitative estimate of drug-likeness (QED) is 0.121. The number of aliphatic hydroxyl groups is 1. The summed E-state index contributed by atoms with van der Waals surface area (Å²) in [5.41, 5.74) is 2.34. The van der Waals surface area contributed by atoms with Crippen LogP contribution in [0, 0.1) is 0 Å². The molecule has 0 saturated heterocycles. The van der Waals surface area contributed by atoms with Gasteiger partial charge in [0.15, 0.2) is 0 Å². The fourth-order valence-electron chi connectivity index (χ4n) is 4.16. The van der Waals surface area contributed by atoms with Gasteiger partial charge in [-0.1, -0.05) is 56.0 Å². The Bertz CT molecular complexity index is 1370. The molecule has 0 spiro atoms. The van der Waals surface area contributed by atoms with Crippen molar-refractivity contribution in [1.29, 1.82) is 0 Å². The molecule has 3 aromatic carbocycles. The van der Waals surface area contributed by atoms with Crippen molar-refractivity contribution in [1.82, 2.24) is 10.6 Å². The number of benzene rings is 3. The van der Waals surface area contributed by atoms with Crippen LogP contribution in [-0.2, 0) is 16.4 Å². The third kappa shape index (κ3) is 10.2. The minimum Gasteiger partial charge on any atom is -0.508 e. The Labute approximate surface area is 247 Å². The molecule has 0 aliphatic heterocycles. The van der Waals surface area contributed by atoms with Crippen molar-refractivity contribution in [2.45, 2.75) is 63.0 Å². The number of nitrogens with one attached hydrogen (secondary N) is 4.